The number of nitrogens with zero attached hydrogens (tertiary/aromatic N) is 1. The fourth-order valence-electron chi connectivity index (χ4n) is 3.33. The minimum Gasteiger partial charge on any atom is -0.507 e. The van der Waals surface area contributed by atoms with E-state index >= 15 is 0 Å². The SMILES string of the molecule is O=C1C(=O)c2ccccc2C(O)=C1C(Sc1ccccc1)c1ccc([N+](=O)[O-])cc1. The fraction of sp³-hybridized carbons (Fsp3) is 0.0435. The number of nitro groups is 1. The van der Waals surface area contributed by atoms with Crippen LogP contribution in [0.25, 0.3) is 5.76 Å². The maximum atomic E-state index is 13.0. The quantitative estimate of drug-likeness (QED) is 0.266. The van der Waals surface area contributed by atoms with Crippen LogP contribution in [0.1, 0.15) is 26.7 Å². The molecule has 0 spiro atoms. The molecule has 3 aromatic rings. The van der Waals surface area contributed by atoms with Crippen LogP contribution in [0.4, 0.5) is 5.69 Å². The number of aliphatic hydroxyl groups is 1. The summed E-state index contributed by atoms with van der Waals surface area (Å²) in [4.78, 5) is 37.0. The molecule has 1 aliphatic rings. The maximum Gasteiger partial charge on any atom is 0.269 e. The number of carbonyl (C=O) groups is 2. The van der Waals surface area contributed by atoms with Gasteiger partial charge in [0.05, 0.1) is 15.7 Å². The van der Waals surface area contributed by atoms with Crippen molar-refractivity contribution in [2.24, 2.45) is 0 Å². The summed E-state index contributed by atoms with van der Waals surface area (Å²) in [6.07, 6.45) is 0. The van der Waals surface area contributed by atoms with Crippen molar-refractivity contribution in [2.75, 3.05) is 0 Å². The largest absolute Gasteiger partial charge is 0.507 e. The molecule has 148 valence electrons. The molecule has 0 aliphatic heterocycles. The molecule has 1 atom stereocenters. The van der Waals surface area contributed by atoms with Gasteiger partial charge in [-0.25, -0.2) is 0 Å². The summed E-state index contributed by atoms with van der Waals surface area (Å²) in [7, 11) is 0. The van der Waals surface area contributed by atoms with Crippen LogP contribution < -0.4 is 0 Å². The molecule has 0 heterocycles. The van der Waals surface area contributed by atoms with Crippen LogP contribution in [0, 0.1) is 10.1 Å². The van der Waals surface area contributed by atoms with Crippen molar-refractivity contribution >= 4 is 34.8 Å². The van der Waals surface area contributed by atoms with Crippen LogP contribution in [0.2, 0.25) is 0 Å². The smallest absolute Gasteiger partial charge is 0.269 e. The molecule has 0 bridgehead atoms. The monoisotopic (exact) mass is 417 g/mol. The highest BCUT2D eigenvalue weighted by Crippen LogP contribution is 2.45. The first-order chi connectivity index (χ1) is 14.5. The summed E-state index contributed by atoms with van der Waals surface area (Å²) < 4.78 is 0. The average Bonchev–Trinajstić information content (AvgIpc) is 2.78. The van der Waals surface area contributed by atoms with Crippen LogP contribution in [0.5, 0.6) is 0 Å². The molecular weight excluding hydrogens is 402 g/mol. The summed E-state index contributed by atoms with van der Waals surface area (Å²) in [6, 6.07) is 21.4. The van der Waals surface area contributed by atoms with E-state index in [0.29, 0.717) is 11.1 Å². The van der Waals surface area contributed by atoms with Gasteiger partial charge in [-0.05, 0) is 17.7 Å². The normalized spacial score (nSPS) is 14.4. The van der Waals surface area contributed by atoms with E-state index in [2.05, 4.69) is 0 Å². The average molecular weight is 417 g/mol. The number of non-ortho nitro benzene ring substituents is 1. The van der Waals surface area contributed by atoms with Gasteiger partial charge in [0.15, 0.2) is 0 Å². The minimum atomic E-state index is -0.780. The van der Waals surface area contributed by atoms with Crippen LogP contribution in [-0.4, -0.2) is 21.6 Å². The number of Topliss-reactive ketones (excluding diaryl/α,β-unsaturated/α-hetero) is 2. The van der Waals surface area contributed by atoms with Gasteiger partial charge in [0.2, 0.25) is 11.6 Å². The zero-order chi connectivity index (χ0) is 21.3. The molecular formula is C23H15NO5S. The van der Waals surface area contributed by atoms with Gasteiger partial charge >= 0.3 is 0 Å². The van der Waals surface area contributed by atoms with E-state index in [1.165, 1.54) is 42.1 Å². The topological polar surface area (TPSA) is 97.5 Å². The van der Waals surface area contributed by atoms with E-state index < -0.39 is 21.7 Å². The Labute approximate surface area is 176 Å². The summed E-state index contributed by atoms with van der Waals surface area (Å²) in [5.41, 5.74) is 0.920. The third kappa shape index (κ3) is 3.51. The van der Waals surface area contributed by atoms with E-state index in [1.807, 2.05) is 30.3 Å². The van der Waals surface area contributed by atoms with Crippen molar-refractivity contribution in [3.8, 4) is 0 Å². The van der Waals surface area contributed by atoms with Crippen molar-refractivity contribution in [3.63, 3.8) is 0 Å². The number of rotatable bonds is 5. The highest BCUT2D eigenvalue weighted by atomic mass is 32.2. The zero-order valence-corrected chi connectivity index (χ0v) is 16.3. The van der Waals surface area contributed by atoms with E-state index in [-0.39, 0.29) is 22.6 Å². The minimum absolute atomic E-state index is 0.0265. The lowest BCUT2D eigenvalue weighted by atomic mass is 9.85. The zero-order valence-electron chi connectivity index (χ0n) is 15.5. The first-order valence-electron chi connectivity index (χ1n) is 9.05. The molecule has 30 heavy (non-hydrogen) atoms. The van der Waals surface area contributed by atoms with Crippen molar-refractivity contribution < 1.29 is 19.6 Å². The van der Waals surface area contributed by atoms with Gasteiger partial charge < -0.3 is 5.11 Å². The van der Waals surface area contributed by atoms with Crippen LogP contribution in [0.15, 0.2) is 89.3 Å². The molecule has 0 saturated heterocycles. The maximum absolute atomic E-state index is 13.0. The molecule has 0 fully saturated rings. The molecule has 0 saturated carbocycles. The number of carbonyl (C=O) groups excluding carboxylic acids is 2. The van der Waals surface area contributed by atoms with Gasteiger partial charge in [-0.3, -0.25) is 19.7 Å². The Morgan fingerprint density at radius 3 is 2.03 bits per heavy atom. The molecule has 7 heteroatoms. The molecule has 0 amide bonds. The molecule has 1 N–H and O–H groups in total. The molecule has 0 radical (unpaired) electrons. The Morgan fingerprint density at radius 1 is 0.800 bits per heavy atom. The number of benzene rings is 3. The van der Waals surface area contributed by atoms with Crippen LogP contribution in [0.3, 0.4) is 0 Å². The number of nitro benzene ring substituents is 1. The highest BCUT2D eigenvalue weighted by Gasteiger charge is 2.38. The fourth-order valence-corrected chi connectivity index (χ4v) is 4.54. The van der Waals surface area contributed by atoms with Crippen LogP contribution in [-0.2, 0) is 4.79 Å². The summed E-state index contributed by atoms with van der Waals surface area (Å²) in [5.74, 6) is -1.71. The Kier molecular flexibility index (Phi) is 5.20. The molecule has 4 rings (SSSR count). The summed E-state index contributed by atoms with van der Waals surface area (Å²) >= 11 is 1.29. The second kappa shape index (κ2) is 7.96. The second-order valence-electron chi connectivity index (χ2n) is 6.63. The summed E-state index contributed by atoms with van der Waals surface area (Å²) in [6.45, 7) is 0. The molecule has 1 aliphatic carbocycles. The highest BCUT2D eigenvalue weighted by molar-refractivity contribution is 7.99. The predicted octanol–water partition coefficient (Wildman–Crippen LogP) is 5.16. The lowest BCUT2D eigenvalue weighted by molar-refractivity contribution is -0.384. The van der Waals surface area contributed by atoms with Gasteiger partial charge in [-0.15, -0.1) is 11.8 Å². The molecule has 3 aromatic carbocycles. The van der Waals surface area contributed by atoms with E-state index in [0.717, 1.165) is 4.90 Å². The molecule has 0 aromatic heterocycles. The van der Waals surface area contributed by atoms with E-state index in [4.69, 9.17) is 0 Å². The molecule has 6 nitrogen and oxygen atoms in total. The van der Waals surface area contributed by atoms with Gasteiger partial charge in [-0.2, -0.15) is 0 Å². The number of fused-ring (bicyclic) bond motifs is 1. The van der Waals surface area contributed by atoms with Gasteiger partial charge in [0.25, 0.3) is 5.69 Å². The Bertz CT molecular complexity index is 1190. The van der Waals surface area contributed by atoms with Gasteiger partial charge in [0, 0.05) is 28.2 Å². The Hall–Kier alpha value is -3.71. The number of aliphatic hydroxyl groups excluding tert-OH is 1. The number of hydrogen-bond acceptors (Lipinski definition) is 6. The van der Waals surface area contributed by atoms with E-state index in [1.54, 1.807) is 18.2 Å². The lowest BCUT2D eigenvalue weighted by Crippen LogP contribution is -2.26. The third-order valence-electron chi connectivity index (χ3n) is 4.80. The van der Waals surface area contributed by atoms with Crippen molar-refractivity contribution in [1.82, 2.24) is 0 Å². The van der Waals surface area contributed by atoms with Gasteiger partial charge in [0.1, 0.15) is 5.76 Å². The lowest BCUT2D eigenvalue weighted by Gasteiger charge is -2.24. The third-order valence-corrected chi connectivity index (χ3v) is 6.09. The second-order valence-corrected chi connectivity index (χ2v) is 7.80. The number of thioether (sulfide) groups is 1. The number of ketones is 2. The first kappa shape index (κ1) is 19.6. The Morgan fingerprint density at radius 2 is 1.40 bits per heavy atom. The standard InChI is InChI=1S/C23H15NO5S/c25-20-17-8-4-5-9-18(17)21(26)22(27)19(20)23(30-16-6-2-1-3-7-16)14-10-12-15(13-11-14)24(28)29/h1-13,23,25H. The predicted molar refractivity (Wildman–Crippen MR) is 113 cm³/mol. The van der Waals surface area contributed by atoms with E-state index in [9.17, 15) is 24.8 Å². The first-order valence-corrected chi connectivity index (χ1v) is 9.93. The Balaban J connectivity index is 1.88. The number of hydrogen-bond donors (Lipinski definition) is 1. The van der Waals surface area contributed by atoms with Crippen molar-refractivity contribution in [2.45, 2.75) is 10.1 Å². The summed E-state index contributed by atoms with van der Waals surface area (Å²) in [5, 5.41) is 21.2. The molecule has 1 unspecified atom stereocenters. The van der Waals surface area contributed by atoms with Crippen molar-refractivity contribution in [1.29, 1.82) is 0 Å². The van der Waals surface area contributed by atoms with Gasteiger partial charge in [-0.1, -0.05) is 54.6 Å². The van der Waals surface area contributed by atoms with Crippen LogP contribution >= 0.6 is 11.8 Å². The van der Waals surface area contributed by atoms with Crippen molar-refractivity contribution in [3.05, 3.63) is 111 Å².